The fourth-order valence-corrected chi connectivity index (χ4v) is 13.7. The minimum absolute atomic E-state index is 0.0126. The summed E-state index contributed by atoms with van der Waals surface area (Å²) in [5.74, 6) is 1.12. The van der Waals surface area contributed by atoms with Gasteiger partial charge in [0.2, 0.25) is 0 Å². The number of rotatable bonds is 7. The van der Waals surface area contributed by atoms with E-state index in [4.69, 9.17) is 4.74 Å². The summed E-state index contributed by atoms with van der Waals surface area (Å²) >= 11 is 4.07. The Morgan fingerprint density at radius 1 is 1.12 bits per heavy atom. The van der Waals surface area contributed by atoms with E-state index in [1.807, 2.05) is 17.4 Å². The molecule has 176 valence electrons. The Labute approximate surface area is 210 Å². The maximum Gasteiger partial charge on any atom is 0.125 e. The van der Waals surface area contributed by atoms with E-state index in [1.54, 1.807) is 10.1 Å². The van der Waals surface area contributed by atoms with Gasteiger partial charge in [0, 0.05) is 25.5 Å². The monoisotopic (exact) mass is 494 g/mol. The van der Waals surface area contributed by atoms with Crippen LogP contribution in [0, 0.1) is 13.8 Å². The summed E-state index contributed by atoms with van der Waals surface area (Å²) in [6.07, 6.45) is 4.37. The number of fused-ring (bicyclic) bond motifs is 3. The Balaban J connectivity index is 2.07. The average Bonchev–Trinajstić information content (AvgIpc) is 3.38. The number of hydrogen-bond acceptors (Lipinski definition) is 3. The molecule has 2 aliphatic rings. The number of allylic oxidation sites excluding steroid dienone is 1. The van der Waals surface area contributed by atoms with Gasteiger partial charge in [0.05, 0.1) is 0 Å². The number of thiophene rings is 1. The van der Waals surface area contributed by atoms with E-state index in [0.29, 0.717) is 11.9 Å². The number of thioether (sulfide) groups is 1. The molecule has 2 aromatic rings. The molecule has 0 amide bonds. The zero-order valence-corrected chi connectivity index (χ0v) is 24.2. The molecule has 1 unspecified atom stereocenters. The standard InChI is InChI=1S/C29H38OS2Si/c1-10-13-30-25-23(29(7,8)9)14-18(4)15-24(25)33(11-2,12-3)28-26-21(16-19(5)31-26)22-17-20(6)32-27(22)28/h10,14-17,19H,1,11-13H2,2-9H3. The molecule has 0 fully saturated rings. The molecule has 33 heavy (non-hydrogen) atoms. The molecule has 1 aromatic heterocycles. The molecule has 1 aliphatic carbocycles. The zero-order chi connectivity index (χ0) is 24.1. The molecule has 0 spiro atoms. The van der Waals surface area contributed by atoms with Gasteiger partial charge in [-0.05, 0) is 53.8 Å². The van der Waals surface area contributed by atoms with Gasteiger partial charge in [0.1, 0.15) is 20.4 Å². The zero-order valence-electron chi connectivity index (χ0n) is 21.5. The molecule has 1 nitrogen and oxygen atoms in total. The summed E-state index contributed by atoms with van der Waals surface area (Å²) in [5.41, 5.74) is 5.66. The van der Waals surface area contributed by atoms with Crippen molar-refractivity contribution in [3.63, 3.8) is 0 Å². The molecule has 0 bridgehead atoms. The van der Waals surface area contributed by atoms with E-state index >= 15 is 0 Å². The van der Waals surface area contributed by atoms with Crippen LogP contribution >= 0.6 is 23.1 Å². The normalized spacial score (nSPS) is 17.8. The highest BCUT2D eigenvalue weighted by Gasteiger charge is 2.47. The Morgan fingerprint density at radius 2 is 1.82 bits per heavy atom. The first-order valence-corrected chi connectivity index (χ1v) is 16.3. The van der Waals surface area contributed by atoms with Crippen molar-refractivity contribution in [1.82, 2.24) is 0 Å². The van der Waals surface area contributed by atoms with Crippen molar-refractivity contribution in [3.05, 3.63) is 68.3 Å². The second-order valence-electron chi connectivity index (χ2n) is 10.5. The molecule has 0 saturated heterocycles. The lowest BCUT2D eigenvalue weighted by atomic mass is 9.85. The second kappa shape index (κ2) is 8.94. The Morgan fingerprint density at radius 3 is 2.42 bits per heavy atom. The number of aryl methyl sites for hydroxylation is 2. The number of benzene rings is 1. The summed E-state index contributed by atoms with van der Waals surface area (Å²) in [5, 5.41) is 3.70. The van der Waals surface area contributed by atoms with Crippen LogP contribution in [-0.4, -0.2) is 19.9 Å². The van der Waals surface area contributed by atoms with Crippen molar-refractivity contribution >= 4 is 47.1 Å². The smallest absolute Gasteiger partial charge is 0.125 e. The van der Waals surface area contributed by atoms with Crippen LogP contribution in [0.25, 0.3) is 10.8 Å². The highest BCUT2D eigenvalue weighted by atomic mass is 32.2. The molecule has 2 heterocycles. The summed E-state index contributed by atoms with van der Waals surface area (Å²) in [4.78, 5) is 4.52. The molecule has 4 heteroatoms. The highest BCUT2D eigenvalue weighted by Crippen LogP contribution is 2.58. The van der Waals surface area contributed by atoms with Gasteiger partial charge in [-0.25, -0.2) is 0 Å². The van der Waals surface area contributed by atoms with Gasteiger partial charge in [-0.15, -0.1) is 23.1 Å². The van der Waals surface area contributed by atoms with Gasteiger partial charge in [-0.3, -0.25) is 0 Å². The van der Waals surface area contributed by atoms with E-state index in [2.05, 4.69) is 98.0 Å². The molecule has 4 rings (SSSR count). The first-order chi connectivity index (χ1) is 15.6. The van der Waals surface area contributed by atoms with E-state index in [1.165, 1.54) is 49.3 Å². The van der Waals surface area contributed by atoms with E-state index < -0.39 is 8.07 Å². The Hall–Kier alpha value is -1.49. The van der Waals surface area contributed by atoms with Crippen molar-refractivity contribution in [1.29, 1.82) is 0 Å². The lowest BCUT2D eigenvalue weighted by molar-refractivity contribution is 0.353. The van der Waals surface area contributed by atoms with Crippen molar-refractivity contribution in [2.45, 2.75) is 78.1 Å². The highest BCUT2D eigenvalue weighted by molar-refractivity contribution is 8.05. The maximum absolute atomic E-state index is 6.57. The maximum atomic E-state index is 6.57. The van der Waals surface area contributed by atoms with Crippen LogP contribution in [0.15, 0.2) is 41.8 Å². The first kappa shape index (κ1) is 24.6. The quantitative estimate of drug-likeness (QED) is 0.282. The first-order valence-electron chi connectivity index (χ1n) is 12.2. The Bertz CT molecular complexity index is 1160. The number of hydrogen-bond donors (Lipinski definition) is 0. The summed E-state index contributed by atoms with van der Waals surface area (Å²) < 4.78 is 6.57. The fraction of sp³-hybridized carbons (Fsp3) is 0.448. The molecular formula is C29H38OS2Si. The third kappa shape index (κ3) is 4.02. The lowest BCUT2D eigenvalue weighted by Gasteiger charge is -2.36. The molecule has 1 aliphatic heterocycles. The lowest BCUT2D eigenvalue weighted by Crippen LogP contribution is -2.49. The summed E-state index contributed by atoms with van der Waals surface area (Å²) in [6.45, 7) is 23.1. The van der Waals surface area contributed by atoms with Crippen LogP contribution in [0.5, 0.6) is 5.75 Å². The third-order valence-electron chi connectivity index (χ3n) is 7.14. The minimum atomic E-state index is -2.11. The SMILES string of the molecule is C=CCOc1c(C(C)(C)C)cc(C)cc1[Si](CC)(CC)C1=C2SC(C)C=C2c2cc(C)sc21. The summed E-state index contributed by atoms with van der Waals surface area (Å²) in [7, 11) is -2.11. The Kier molecular flexibility index (Phi) is 6.67. The predicted molar refractivity (Wildman–Crippen MR) is 153 cm³/mol. The van der Waals surface area contributed by atoms with Crippen LogP contribution in [0.4, 0.5) is 0 Å². The van der Waals surface area contributed by atoms with Crippen LogP contribution in [0.3, 0.4) is 0 Å². The number of ether oxygens (including phenoxy) is 1. The van der Waals surface area contributed by atoms with E-state index in [9.17, 15) is 0 Å². The van der Waals surface area contributed by atoms with Gasteiger partial charge in [-0.2, -0.15) is 0 Å². The van der Waals surface area contributed by atoms with Crippen molar-refractivity contribution in [3.8, 4) is 5.75 Å². The van der Waals surface area contributed by atoms with Gasteiger partial charge in [0.25, 0.3) is 0 Å². The third-order valence-corrected chi connectivity index (χ3v) is 15.0. The molecular weight excluding hydrogens is 457 g/mol. The second-order valence-corrected chi connectivity index (χ2v) is 17.8. The predicted octanol–water partition coefficient (Wildman–Crippen LogP) is 8.41. The van der Waals surface area contributed by atoms with Crippen LogP contribution in [0.2, 0.25) is 12.1 Å². The fourth-order valence-electron chi connectivity index (χ4n) is 5.54. The van der Waals surface area contributed by atoms with Crippen LogP contribution in [0.1, 0.15) is 68.0 Å². The van der Waals surface area contributed by atoms with E-state index in [0.717, 1.165) is 5.75 Å². The largest absolute Gasteiger partial charge is 0.489 e. The van der Waals surface area contributed by atoms with Crippen LogP contribution in [-0.2, 0) is 5.41 Å². The van der Waals surface area contributed by atoms with Crippen molar-refractivity contribution in [2.24, 2.45) is 0 Å². The van der Waals surface area contributed by atoms with E-state index in [-0.39, 0.29) is 5.41 Å². The molecule has 1 atom stereocenters. The van der Waals surface area contributed by atoms with Gasteiger partial charge < -0.3 is 4.74 Å². The van der Waals surface area contributed by atoms with Gasteiger partial charge >= 0.3 is 0 Å². The molecule has 0 N–H and O–H groups in total. The minimum Gasteiger partial charge on any atom is -0.489 e. The van der Waals surface area contributed by atoms with Gasteiger partial charge in [0.15, 0.2) is 0 Å². The molecule has 1 aromatic carbocycles. The average molecular weight is 495 g/mol. The molecule has 0 saturated carbocycles. The van der Waals surface area contributed by atoms with Crippen LogP contribution < -0.4 is 9.92 Å². The molecule has 0 radical (unpaired) electrons. The topological polar surface area (TPSA) is 9.23 Å². The van der Waals surface area contributed by atoms with Crippen molar-refractivity contribution in [2.75, 3.05) is 6.61 Å². The van der Waals surface area contributed by atoms with Crippen molar-refractivity contribution < 1.29 is 4.74 Å². The summed E-state index contributed by atoms with van der Waals surface area (Å²) in [6, 6.07) is 9.59. The van der Waals surface area contributed by atoms with Gasteiger partial charge in [-0.1, -0.05) is 83.1 Å².